The van der Waals surface area contributed by atoms with Crippen molar-refractivity contribution in [3.05, 3.63) is 53.6 Å². The van der Waals surface area contributed by atoms with Crippen LogP contribution in [0.4, 0.5) is 5.82 Å². The minimum Gasteiger partial charge on any atom is -0.384 e. The molecule has 30 heavy (non-hydrogen) atoms. The first-order valence-electron chi connectivity index (χ1n) is 9.62. The summed E-state index contributed by atoms with van der Waals surface area (Å²) in [7, 11) is -3.94. The Bertz CT molecular complexity index is 1360. The van der Waals surface area contributed by atoms with Crippen molar-refractivity contribution in [1.82, 2.24) is 14.5 Å². The summed E-state index contributed by atoms with van der Waals surface area (Å²) in [6, 6.07) is 13.4. The maximum atomic E-state index is 13.5. The molecule has 1 aliphatic rings. The molecule has 5 rings (SSSR count). The molecule has 0 aliphatic carbocycles. The number of halogens is 1. The zero-order chi connectivity index (χ0) is 20.9. The third-order valence-electron chi connectivity index (χ3n) is 5.35. The number of rotatable bonds is 4. The van der Waals surface area contributed by atoms with E-state index in [9.17, 15) is 8.42 Å². The molecule has 0 spiro atoms. The van der Waals surface area contributed by atoms with E-state index < -0.39 is 9.84 Å². The maximum Gasteiger partial charge on any atom is 0.212 e. The van der Waals surface area contributed by atoms with Crippen LogP contribution in [0.5, 0.6) is 0 Å². The smallest absolute Gasteiger partial charge is 0.212 e. The van der Waals surface area contributed by atoms with E-state index in [1.54, 1.807) is 10.6 Å². The van der Waals surface area contributed by atoms with Gasteiger partial charge in [-0.05, 0) is 49.2 Å². The molecule has 1 fully saturated rings. The van der Waals surface area contributed by atoms with Gasteiger partial charge in [-0.15, -0.1) is 0 Å². The zero-order valence-electron chi connectivity index (χ0n) is 16.0. The average Bonchev–Trinajstić information content (AvgIpc) is 3.34. The van der Waals surface area contributed by atoms with Crippen molar-refractivity contribution in [2.45, 2.75) is 35.3 Å². The van der Waals surface area contributed by atoms with Gasteiger partial charge in [0.1, 0.15) is 16.2 Å². The van der Waals surface area contributed by atoms with Crippen molar-refractivity contribution < 1.29 is 13.2 Å². The highest BCUT2D eigenvalue weighted by Gasteiger charge is 2.31. The number of hydrogen-bond acceptors (Lipinski definition) is 6. The number of fused-ring (bicyclic) bond motifs is 2. The highest BCUT2D eigenvalue weighted by atomic mass is 35.5. The van der Waals surface area contributed by atoms with Crippen molar-refractivity contribution in [3.8, 4) is 0 Å². The number of benzene rings is 2. The fourth-order valence-corrected chi connectivity index (χ4v) is 5.50. The molecule has 1 aliphatic heterocycles. The van der Waals surface area contributed by atoms with E-state index in [4.69, 9.17) is 27.1 Å². The first kappa shape index (κ1) is 19.3. The van der Waals surface area contributed by atoms with Gasteiger partial charge in [-0.3, -0.25) is 0 Å². The second-order valence-corrected chi connectivity index (χ2v) is 9.62. The van der Waals surface area contributed by atoms with Gasteiger partial charge >= 0.3 is 0 Å². The predicted molar refractivity (Wildman–Crippen MR) is 115 cm³/mol. The van der Waals surface area contributed by atoms with E-state index in [2.05, 4.69) is 4.98 Å². The molecule has 0 saturated carbocycles. The molecule has 9 heteroatoms. The number of nitrogen functional groups attached to an aromatic ring is 1. The summed E-state index contributed by atoms with van der Waals surface area (Å²) in [5, 5.41) is 0.452. The Morgan fingerprint density at radius 2 is 1.80 bits per heavy atom. The second kappa shape index (κ2) is 7.23. The molecule has 2 N–H and O–H groups in total. The summed E-state index contributed by atoms with van der Waals surface area (Å²) >= 11 is 5.94. The standard InChI is InChI=1S/C21H19ClN4O3S/c22-13-7-9-15(10-8-13)30(27,28)19-18-21(25-17-6-2-1-5-16(17)24-18)26(20(19)23)12-14-4-3-11-29-14/h1-2,5-10,14H,3-4,11-12,23H2/t14-/m1/s1. The lowest BCUT2D eigenvalue weighted by Crippen LogP contribution is -2.17. The third-order valence-corrected chi connectivity index (χ3v) is 7.43. The summed E-state index contributed by atoms with van der Waals surface area (Å²) in [5.41, 5.74) is 8.41. The van der Waals surface area contributed by atoms with Crippen LogP contribution < -0.4 is 5.73 Å². The quantitative estimate of drug-likeness (QED) is 0.515. The number of nitrogens with two attached hydrogens (primary N) is 1. The Kier molecular flexibility index (Phi) is 4.65. The molecule has 2 aromatic heterocycles. The van der Waals surface area contributed by atoms with E-state index in [0.29, 0.717) is 34.9 Å². The van der Waals surface area contributed by atoms with Crippen LogP contribution in [0.25, 0.3) is 22.2 Å². The minimum absolute atomic E-state index is 0.0314. The van der Waals surface area contributed by atoms with Crippen molar-refractivity contribution in [2.75, 3.05) is 12.3 Å². The van der Waals surface area contributed by atoms with Gasteiger partial charge in [0, 0.05) is 11.6 Å². The Morgan fingerprint density at radius 3 is 2.47 bits per heavy atom. The largest absolute Gasteiger partial charge is 0.384 e. The molecule has 0 bridgehead atoms. The Morgan fingerprint density at radius 1 is 1.10 bits per heavy atom. The number of ether oxygens (including phenoxy) is 1. The van der Waals surface area contributed by atoms with Crippen LogP contribution in [-0.4, -0.2) is 35.7 Å². The fraction of sp³-hybridized carbons (Fsp3) is 0.238. The van der Waals surface area contributed by atoms with Crippen molar-refractivity contribution in [3.63, 3.8) is 0 Å². The van der Waals surface area contributed by atoms with Gasteiger partial charge in [-0.25, -0.2) is 18.4 Å². The molecule has 0 amide bonds. The van der Waals surface area contributed by atoms with E-state index in [-0.39, 0.29) is 27.2 Å². The van der Waals surface area contributed by atoms with Crippen LogP contribution in [0.15, 0.2) is 58.3 Å². The SMILES string of the molecule is Nc1c(S(=O)(=O)c2ccc(Cl)cc2)c2nc3ccccc3nc2n1C[C@H]1CCCO1. The maximum absolute atomic E-state index is 13.5. The summed E-state index contributed by atoms with van der Waals surface area (Å²) in [5.74, 6) is 0.116. The lowest BCUT2D eigenvalue weighted by Gasteiger charge is -2.13. The lowest BCUT2D eigenvalue weighted by molar-refractivity contribution is 0.0983. The summed E-state index contributed by atoms with van der Waals surface area (Å²) in [4.78, 5) is 9.41. The number of para-hydroxylation sites is 2. The monoisotopic (exact) mass is 442 g/mol. The Balaban J connectivity index is 1.79. The first-order chi connectivity index (χ1) is 14.4. The third kappa shape index (κ3) is 3.12. The van der Waals surface area contributed by atoms with E-state index in [1.165, 1.54) is 24.3 Å². The molecule has 1 atom stereocenters. The molecule has 154 valence electrons. The first-order valence-corrected chi connectivity index (χ1v) is 11.5. The van der Waals surface area contributed by atoms with Crippen molar-refractivity contribution in [1.29, 1.82) is 0 Å². The Hall–Kier alpha value is -2.68. The molecule has 3 heterocycles. The molecular weight excluding hydrogens is 424 g/mol. The highest BCUT2D eigenvalue weighted by Crippen LogP contribution is 2.36. The van der Waals surface area contributed by atoms with Crippen LogP contribution in [0.3, 0.4) is 0 Å². The normalized spacial score (nSPS) is 17.2. The summed E-state index contributed by atoms with van der Waals surface area (Å²) < 4.78 is 34.5. The van der Waals surface area contributed by atoms with Gasteiger partial charge in [0.05, 0.1) is 28.6 Å². The number of sulfone groups is 1. The molecular formula is C21H19ClN4O3S. The van der Waals surface area contributed by atoms with Gasteiger partial charge in [0.15, 0.2) is 5.65 Å². The number of nitrogens with zero attached hydrogens (tertiary/aromatic N) is 3. The van der Waals surface area contributed by atoms with Gasteiger partial charge in [-0.2, -0.15) is 0 Å². The number of anilines is 1. The van der Waals surface area contributed by atoms with Crippen LogP contribution >= 0.6 is 11.6 Å². The molecule has 4 aromatic rings. The summed E-state index contributed by atoms with van der Waals surface area (Å²) in [6.07, 6.45) is 1.82. The highest BCUT2D eigenvalue weighted by molar-refractivity contribution is 7.92. The molecule has 1 saturated heterocycles. The van der Waals surface area contributed by atoms with Gasteiger partial charge in [0.2, 0.25) is 9.84 Å². The molecule has 0 unspecified atom stereocenters. The van der Waals surface area contributed by atoms with E-state index in [0.717, 1.165) is 12.8 Å². The van der Waals surface area contributed by atoms with Crippen LogP contribution in [-0.2, 0) is 21.1 Å². The second-order valence-electron chi connectivity index (χ2n) is 7.30. The van der Waals surface area contributed by atoms with Gasteiger partial charge in [0.25, 0.3) is 0 Å². The van der Waals surface area contributed by atoms with Crippen LogP contribution in [0, 0.1) is 0 Å². The zero-order valence-corrected chi connectivity index (χ0v) is 17.5. The van der Waals surface area contributed by atoms with Crippen molar-refractivity contribution in [2.24, 2.45) is 0 Å². The van der Waals surface area contributed by atoms with E-state index in [1.807, 2.05) is 18.2 Å². The van der Waals surface area contributed by atoms with Gasteiger partial charge in [-0.1, -0.05) is 23.7 Å². The van der Waals surface area contributed by atoms with Crippen LogP contribution in [0.2, 0.25) is 5.02 Å². The molecule has 7 nitrogen and oxygen atoms in total. The number of hydrogen-bond donors (Lipinski definition) is 1. The fourth-order valence-electron chi connectivity index (χ4n) is 3.86. The van der Waals surface area contributed by atoms with Gasteiger partial charge < -0.3 is 15.0 Å². The lowest BCUT2D eigenvalue weighted by atomic mass is 10.2. The van der Waals surface area contributed by atoms with E-state index >= 15 is 0 Å². The summed E-state index contributed by atoms with van der Waals surface area (Å²) in [6.45, 7) is 1.11. The average molecular weight is 443 g/mol. The predicted octanol–water partition coefficient (Wildman–Crippen LogP) is 3.83. The number of aromatic nitrogens is 3. The molecule has 0 radical (unpaired) electrons. The topological polar surface area (TPSA) is 100 Å². The van der Waals surface area contributed by atoms with Crippen LogP contribution in [0.1, 0.15) is 12.8 Å². The molecule has 2 aromatic carbocycles. The minimum atomic E-state index is -3.94. The Labute approximate surface area is 178 Å². The van der Waals surface area contributed by atoms with Crippen molar-refractivity contribution >= 4 is 49.5 Å².